The van der Waals surface area contributed by atoms with Crippen molar-refractivity contribution in [3.63, 3.8) is 0 Å². The lowest BCUT2D eigenvalue weighted by atomic mass is 9.72. The number of amides is 3. The Morgan fingerprint density at radius 1 is 1.32 bits per heavy atom. The van der Waals surface area contributed by atoms with Crippen molar-refractivity contribution in [1.29, 1.82) is 0 Å². The van der Waals surface area contributed by atoms with Gasteiger partial charge in [-0.15, -0.1) is 0 Å². The van der Waals surface area contributed by atoms with E-state index in [0.29, 0.717) is 37.0 Å². The summed E-state index contributed by atoms with van der Waals surface area (Å²) in [5.41, 5.74) is 1.45. The van der Waals surface area contributed by atoms with E-state index in [9.17, 15) is 9.59 Å². The van der Waals surface area contributed by atoms with Crippen LogP contribution in [0.3, 0.4) is 0 Å². The van der Waals surface area contributed by atoms with Crippen LogP contribution in [-0.4, -0.2) is 50.2 Å². The molecule has 1 aromatic rings. The molecular formula is C18H24ClN3O3. The van der Waals surface area contributed by atoms with Crippen LogP contribution in [0.25, 0.3) is 0 Å². The average Bonchev–Trinajstić information content (AvgIpc) is 2.97. The second-order valence-electron chi connectivity index (χ2n) is 6.91. The highest BCUT2D eigenvalue weighted by Gasteiger charge is 2.51. The standard InChI is InChI=1S/C18H24ClN3O3/c1-12-3-4-13(19)9-15(12)21-17(24)22-10-14(16(23)20-2)18(11-22)5-7-25-8-6-18/h3-4,9,14H,5-8,10-11H2,1-2H3,(H,20,23)(H,21,24). The Kier molecular flexibility index (Phi) is 5.20. The second-order valence-corrected chi connectivity index (χ2v) is 7.35. The molecule has 2 aliphatic heterocycles. The third-order valence-corrected chi connectivity index (χ3v) is 5.66. The lowest BCUT2D eigenvalue weighted by molar-refractivity contribution is -0.129. The Labute approximate surface area is 152 Å². The highest BCUT2D eigenvalue weighted by Crippen LogP contribution is 2.44. The van der Waals surface area contributed by atoms with Crippen molar-refractivity contribution in [1.82, 2.24) is 10.2 Å². The molecule has 1 aromatic carbocycles. The molecule has 2 aliphatic rings. The number of anilines is 1. The molecule has 2 heterocycles. The molecule has 1 spiro atoms. The molecule has 136 valence electrons. The van der Waals surface area contributed by atoms with Crippen molar-refractivity contribution in [2.24, 2.45) is 11.3 Å². The first-order valence-corrected chi connectivity index (χ1v) is 8.94. The van der Waals surface area contributed by atoms with Crippen LogP contribution in [0, 0.1) is 18.3 Å². The van der Waals surface area contributed by atoms with Gasteiger partial charge >= 0.3 is 6.03 Å². The first kappa shape index (κ1) is 18.0. The molecule has 2 N–H and O–H groups in total. The van der Waals surface area contributed by atoms with Gasteiger partial charge in [0.2, 0.25) is 5.91 Å². The third kappa shape index (κ3) is 3.60. The highest BCUT2D eigenvalue weighted by molar-refractivity contribution is 6.31. The normalized spacial score (nSPS) is 22.0. The predicted molar refractivity (Wildman–Crippen MR) is 96.8 cm³/mol. The van der Waals surface area contributed by atoms with Gasteiger partial charge in [0.05, 0.1) is 5.92 Å². The van der Waals surface area contributed by atoms with Crippen LogP contribution in [0.1, 0.15) is 18.4 Å². The third-order valence-electron chi connectivity index (χ3n) is 5.43. The molecular weight excluding hydrogens is 342 g/mol. The zero-order valence-corrected chi connectivity index (χ0v) is 15.4. The lowest BCUT2D eigenvalue weighted by Gasteiger charge is -2.36. The number of aryl methyl sites for hydroxylation is 1. The van der Waals surface area contributed by atoms with E-state index in [2.05, 4.69) is 10.6 Å². The summed E-state index contributed by atoms with van der Waals surface area (Å²) >= 11 is 6.03. The maximum atomic E-state index is 12.8. The van der Waals surface area contributed by atoms with E-state index >= 15 is 0 Å². The molecule has 3 rings (SSSR count). The number of hydrogen-bond donors (Lipinski definition) is 2. The number of hydrogen-bond acceptors (Lipinski definition) is 3. The first-order chi connectivity index (χ1) is 11.9. The summed E-state index contributed by atoms with van der Waals surface area (Å²) in [4.78, 5) is 26.9. The van der Waals surface area contributed by atoms with Crippen LogP contribution in [0.2, 0.25) is 5.02 Å². The van der Waals surface area contributed by atoms with Gasteiger partial charge in [-0.05, 0) is 37.5 Å². The molecule has 0 aliphatic carbocycles. The molecule has 1 atom stereocenters. The maximum absolute atomic E-state index is 12.8. The number of carbonyl (C=O) groups excluding carboxylic acids is 2. The van der Waals surface area contributed by atoms with E-state index < -0.39 is 0 Å². The van der Waals surface area contributed by atoms with Crippen molar-refractivity contribution < 1.29 is 14.3 Å². The summed E-state index contributed by atoms with van der Waals surface area (Å²) in [5.74, 6) is -0.205. The number of nitrogens with one attached hydrogen (secondary N) is 2. The summed E-state index contributed by atoms with van der Waals surface area (Å²) in [6.07, 6.45) is 1.59. The summed E-state index contributed by atoms with van der Waals surface area (Å²) in [6.45, 7) is 4.18. The summed E-state index contributed by atoms with van der Waals surface area (Å²) in [7, 11) is 1.65. The van der Waals surface area contributed by atoms with Crippen LogP contribution in [0.5, 0.6) is 0 Å². The highest BCUT2D eigenvalue weighted by atomic mass is 35.5. The van der Waals surface area contributed by atoms with E-state index in [4.69, 9.17) is 16.3 Å². The SMILES string of the molecule is CNC(=O)C1CN(C(=O)Nc2cc(Cl)ccc2C)CC12CCOCC2. The lowest BCUT2D eigenvalue weighted by Crippen LogP contribution is -2.43. The molecule has 0 aromatic heterocycles. The van der Waals surface area contributed by atoms with E-state index in [0.717, 1.165) is 18.4 Å². The molecule has 1 unspecified atom stereocenters. The zero-order chi connectivity index (χ0) is 18.0. The van der Waals surface area contributed by atoms with Gasteiger partial charge in [0.25, 0.3) is 0 Å². The number of rotatable bonds is 2. The van der Waals surface area contributed by atoms with Crippen LogP contribution >= 0.6 is 11.6 Å². The minimum absolute atomic E-state index is 0.00358. The fourth-order valence-electron chi connectivity index (χ4n) is 3.87. The summed E-state index contributed by atoms with van der Waals surface area (Å²) in [6, 6.07) is 5.21. The average molecular weight is 366 g/mol. The molecule has 2 fully saturated rings. The molecule has 25 heavy (non-hydrogen) atoms. The fraction of sp³-hybridized carbons (Fsp3) is 0.556. The number of likely N-dealkylation sites (tertiary alicyclic amines) is 1. The van der Waals surface area contributed by atoms with E-state index in [-0.39, 0.29) is 23.3 Å². The van der Waals surface area contributed by atoms with E-state index in [1.807, 2.05) is 13.0 Å². The number of ether oxygens (including phenoxy) is 1. The quantitative estimate of drug-likeness (QED) is 0.846. The van der Waals surface area contributed by atoms with E-state index in [1.165, 1.54) is 0 Å². The Balaban J connectivity index is 1.77. The monoisotopic (exact) mass is 365 g/mol. The van der Waals surface area contributed by atoms with Crippen LogP contribution < -0.4 is 10.6 Å². The molecule has 6 nitrogen and oxygen atoms in total. The van der Waals surface area contributed by atoms with Crippen molar-refractivity contribution in [2.75, 3.05) is 38.7 Å². The van der Waals surface area contributed by atoms with Gasteiger partial charge in [-0.3, -0.25) is 4.79 Å². The smallest absolute Gasteiger partial charge is 0.321 e. The molecule has 0 radical (unpaired) electrons. The fourth-order valence-corrected chi connectivity index (χ4v) is 4.04. The zero-order valence-electron chi connectivity index (χ0n) is 14.6. The van der Waals surface area contributed by atoms with Gasteiger partial charge in [-0.25, -0.2) is 4.79 Å². The molecule has 0 saturated carbocycles. The van der Waals surface area contributed by atoms with Crippen LogP contribution in [-0.2, 0) is 9.53 Å². The Morgan fingerprint density at radius 3 is 2.72 bits per heavy atom. The van der Waals surface area contributed by atoms with Gasteiger partial charge in [0, 0.05) is 49.5 Å². The molecule has 3 amide bonds. The van der Waals surface area contributed by atoms with Gasteiger partial charge in [0.15, 0.2) is 0 Å². The molecule has 2 saturated heterocycles. The topological polar surface area (TPSA) is 70.7 Å². The number of urea groups is 1. The molecule has 7 heteroatoms. The Hall–Kier alpha value is -1.79. The van der Waals surface area contributed by atoms with E-state index in [1.54, 1.807) is 24.1 Å². The van der Waals surface area contributed by atoms with Crippen molar-refractivity contribution in [3.05, 3.63) is 28.8 Å². The minimum atomic E-state index is -0.201. The van der Waals surface area contributed by atoms with Crippen LogP contribution in [0.15, 0.2) is 18.2 Å². The summed E-state index contributed by atoms with van der Waals surface area (Å²) < 4.78 is 5.47. The first-order valence-electron chi connectivity index (χ1n) is 8.56. The van der Waals surface area contributed by atoms with Crippen molar-refractivity contribution in [3.8, 4) is 0 Å². The van der Waals surface area contributed by atoms with Gasteiger partial charge in [-0.1, -0.05) is 17.7 Å². The maximum Gasteiger partial charge on any atom is 0.321 e. The van der Waals surface area contributed by atoms with Crippen molar-refractivity contribution in [2.45, 2.75) is 19.8 Å². The largest absolute Gasteiger partial charge is 0.381 e. The van der Waals surface area contributed by atoms with Crippen LogP contribution in [0.4, 0.5) is 10.5 Å². The Morgan fingerprint density at radius 2 is 2.04 bits per heavy atom. The van der Waals surface area contributed by atoms with Crippen molar-refractivity contribution >= 4 is 29.2 Å². The number of halogens is 1. The molecule has 0 bridgehead atoms. The second kappa shape index (κ2) is 7.22. The Bertz CT molecular complexity index is 674. The van der Waals surface area contributed by atoms with Gasteiger partial charge < -0.3 is 20.3 Å². The number of carbonyl (C=O) groups is 2. The summed E-state index contributed by atoms with van der Waals surface area (Å²) in [5, 5.41) is 6.26. The van der Waals surface area contributed by atoms with Gasteiger partial charge in [0.1, 0.15) is 0 Å². The van der Waals surface area contributed by atoms with Gasteiger partial charge in [-0.2, -0.15) is 0 Å². The number of benzene rings is 1. The predicted octanol–water partition coefficient (Wildman–Crippen LogP) is 2.65. The number of nitrogens with zero attached hydrogens (tertiary/aromatic N) is 1. The minimum Gasteiger partial charge on any atom is -0.381 e.